The van der Waals surface area contributed by atoms with E-state index in [1.54, 1.807) is 0 Å². The van der Waals surface area contributed by atoms with E-state index in [0.717, 1.165) is 37.9 Å². The third-order valence-corrected chi connectivity index (χ3v) is 3.70. The Kier molecular flexibility index (Phi) is 2.82. The van der Waals surface area contributed by atoms with E-state index in [9.17, 15) is 5.11 Å². The fourth-order valence-corrected chi connectivity index (χ4v) is 2.67. The zero-order valence-corrected chi connectivity index (χ0v) is 8.96. The minimum Gasteiger partial charge on any atom is -0.501 e. The summed E-state index contributed by atoms with van der Waals surface area (Å²) in [6.07, 6.45) is 8.12. The molecule has 14 heavy (non-hydrogen) atoms. The van der Waals surface area contributed by atoms with Gasteiger partial charge in [0.2, 0.25) is 0 Å². The van der Waals surface area contributed by atoms with Crippen molar-refractivity contribution in [3.05, 3.63) is 11.8 Å². The summed E-state index contributed by atoms with van der Waals surface area (Å²) in [7, 11) is 0. The molecule has 1 N–H and O–H groups in total. The highest BCUT2D eigenvalue weighted by Crippen LogP contribution is 2.42. The van der Waals surface area contributed by atoms with Gasteiger partial charge in [-0.05, 0) is 43.6 Å². The number of hydrogen-bond acceptors (Lipinski definition) is 2. The zero-order valence-electron chi connectivity index (χ0n) is 8.96. The quantitative estimate of drug-likeness (QED) is 0.735. The van der Waals surface area contributed by atoms with Gasteiger partial charge in [0.05, 0.1) is 18.5 Å². The summed E-state index contributed by atoms with van der Waals surface area (Å²) >= 11 is 0. The van der Waals surface area contributed by atoms with Crippen LogP contribution in [0.5, 0.6) is 0 Å². The number of hydrogen-bond donors (Lipinski definition) is 1. The van der Waals surface area contributed by atoms with Crippen molar-refractivity contribution in [1.82, 2.24) is 0 Å². The molecule has 0 aromatic heterocycles. The summed E-state index contributed by atoms with van der Waals surface area (Å²) < 4.78 is 5.31. The average Bonchev–Trinajstić information content (AvgIpc) is 2.63. The van der Waals surface area contributed by atoms with Crippen molar-refractivity contribution in [3.63, 3.8) is 0 Å². The molecule has 2 unspecified atom stereocenters. The van der Waals surface area contributed by atoms with Crippen LogP contribution in [0.1, 0.15) is 45.4 Å². The molecule has 1 fully saturated rings. The van der Waals surface area contributed by atoms with E-state index in [0.29, 0.717) is 5.92 Å². The lowest BCUT2D eigenvalue weighted by molar-refractivity contribution is 0.0650. The van der Waals surface area contributed by atoms with E-state index in [4.69, 9.17) is 4.74 Å². The zero-order chi connectivity index (χ0) is 10.0. The van der Waals surface area contributed by atoms with Gasteiger partial charge in [-0.25, -0.2) is 0 Å². The highest BCUT2D eigenvalue weighted by molar-refractivity contribution is 5.18. The molecule has 2 heteroatoms. The second-order valence-corrected chi connectivity index (χ2v) is 4.67. The smallest absolute Gasteiger partial charge is 0.0891 e. The summed E-state index contributed by atoms with van der Waals surface area (Å²) in [5.74, 6) is 0.711. The first-order valence-electron chi connectivity index (χ1n) is 5.78. The van der Waals surface area contributed by atoms with Gasteiger partial charge in [-0.15, -0.1) is 0 Å². The van der Waals surface area contributed by atoms with Crippen LogP contribution in [0.2, 0.25) is 0 Å². The van der Waals surface area contributed by atoms with Gasteiger partial charge in [-0.3, -0.25) is 0 Å². The number of aliphatic hydroxyl groups is 1. The van der Waals surface area contributed by atoms with Crippen molar-refractivity contribution in [2.75, 3.05) is 6.61 Å². The summed E-state index contributed by atoms with van der Waals surface area (Å²) in [6.45, 7) is 3.03. The first-order chi connectivity index (χ1) is 6.74. The van der Waals surface area contributed by atoms with Crippen LogP contribution in [-0.4, -0.2) is 17.3 Å². The van der Waals surface area contributed by atoms with Gasteiger partial charge in [0, 0.05) is 0 Å². The third-order valence-electron chi connectivity index (χ3n) is 3.70. The van der Waals surface area contributed by atoms with Crippen molar-refractivity contribution in [1.29, 1.82) is 0 Å². The molecule has 2 nitrogen and oxygen atoms in total. The number of rotatable bonds is 2. The Labute approximate surface area is 86.0 Å². The largest absolute Gasteiger partial charge is 0.501 e. The topological polar surface area (TPSA) is 29.5 Å². The average molecular weight is 196 g/mol. The molecular formula is C12H20O2. The van der Waals surface area contributed by atoms with Crippen LogP contribution < -0.4 is 0 Å². The first kappa shape index (κ1) is 10.0. The Hall–Kier alpha value is -0.500. The van der Waals surface area contributed by atoms with Crippen molar-refractivity contribution in [2.45, 2.75) is 51.0 Å². The Morgan fingerprint density at radius 3 is 3.07 bits per heavy atom. The van der Waals surface area contributed by atoms with Crippen molar-refractivity contribution in [2.24, 2.45) is 5.92 Å². The molecule has 0 spiro atoms. The minimum atomic E-state index is -0.527. The second kappa shape index (κ2) is 3.93. The predicted octanol–water partition coefficient (Wildman–Crippen LogP) is 2.62. The maximum absolute atomic E-state index is 10.5. The summed E-state index contributed by atoms with van der Waals surface area (Å²) in [6, 6.07) is 0. The first-order valence-corrected chi connectivity index (χ1v) is 5.78. The van der Waals surface area contributed by atoms with E-state index in [-0.39, 0.29) is 0 Å². The van der Waals surface area contributed by atoms with Gasteiger partial charge in [-0.1, -0.05) is 13.3 Å². The summed E-state index contributed by atoms with van der Waals surface area (Å²) in [5, 5.41) is 10.5. The molecule has 2 aliphatic rings. The van der Waals surface area contributed by atoms with Crippen LogP contribution in [0.4, 0.5) is 0 Å². The van der Waals surface area contributed by atoms with Gasteiger partial charge in [0.25, 0.3) is 0 Å². The molecule has 0 radical (unpaired) electrons. The molecule has 2 atom stereocenters. The van der Waals surface area contributed by atoms with Crippen LogP contribution in [0.3, 0.4) is 0 Å². The SMILES string of the molecule is CCC1CCC(O)(C2=COCCC2)C1. The molecule has 0 aromatic rings. The van der Waals surface area contributed by atoms with Crippen molar-refractivity contribution in [3.8, 4) is 0 Å². The summed E-state index contributed by atoms with van der Waals surface area (Å²) in [5.41, 5.74) is 0.612. The highest BCUT2D eigenvalue weighted by atomic mass is 16.5. The van der Waals surface area contributed by atoms with E-state index in [1.165, 1.54) is 12.8 Å². The third kappa shape index (κ3) is 1.81. The van der Waals surface area contributed by atoms with E-state index in [1.807, 2.05) is 6.26 Å². The van der Waals surface area contributed by atoms with Gasteiger partial charge >= 0.3 is 0 Å². The van der Waals surface area contributed by atoms with Gasteiger partial charge in [0.1, 0.15) is 0 Å². The molecule has 0 saturated heterocycles. The predicted molar refractivity (Wildman–Crippen MR) is 55.9 cm³/mol. The molecule has 2 rings (SSSR count). The van der Waals surface area contributed by atoms with Gasteiger partial charge in [-0.2, -0.15) is 0 Å². The Morgan fingerprint density at radius 2 is 2.50 bits per heavy atom. The van der Waals surface area contributed by atoms with E-state index >= 15 is 0 Å². The monoisotopic (exact) mass is 196 g/mol. The van der Waals surface area contributed by atoms with Crippen LogP contribution in [0.15, 0.2) is 11.8 Å². The Balaban J connectivity index is 2.05. The maximum atomic E-state index is 10.5. The lowest BCUT2D eigenvalue weighted by Crippen LogP contribution is -2.29. The maximum Gasteiger partial charge on any atom is 0.0891 e. The lowest BCUT2D eigenvalue weighted by Gasteiger charge is -2.28. The molecule has 1 aliphatic carbocycles. The van der Waals surface area contributed by atoms with Crippen LogP contribution >= 0.6 is 0 Å². The van der Waals surface area contributed by atoms with Gasteiger partial charge < -0.3 is 9.84 Å². The molecule has 1 aliphatic heterocycles. The normalized spacial score (nSPS) is 37.9. The fraction of sp³-hybridized carbons (Fsp3) is 0.833. The molecule has 1 heterocycles. The molecular weight excluding hydrogens is 176 g/mol. The molecule has 0 amide bonds. The fourth-order valence-electron chi connectivity index (χ4n) is 2.67. The molecule has 0 aromatic carbocycles. The summed E-state index contributed by atoms with van der Waals surface area (Å²) in [4.78, 5) is 0. The van der Waals surface area contributed by atoms with Crippen LogP contribution in [-0.2, 0) is 4.74 Å². The molecule has 1 saturated carbocycles. The Morgan fingerprint density at radius 1 is 1.64 bits per heavy atom. The minimum absolute atomic E-state index is 0.527. The van der Waals surface area contributed by atoms with Gasteiger partial charge in [0.15, 0.2) is 0 Å². The molecule has 0 bridgehead atoms. The second-order valence-electron chi connectivity index (χ2n) is 4.67. The van der Waals surface area contributed by atoms with Crippen molar-refractivity contribution >= 4 is 0 Å². The number of ether oxygens (including phenoxy) is 1. The van der Waals surface area contributed by atoms with Crippen LogP contribution in [0, 0.1) is 5.92 Å². The Bertz CT molecular complexity index is 234. The van der Waals surface area contributed by atoms with Crippen molar-refractivity contribution < 1.29 is 9.84 Å². The lowest BCUT2D eigenvalue weighted by atomic mass is 9.87. The van der Waals surface area contributed by atoms with E-state index < -0.39 is 5.60 Å². The highest BCUT2D eigenvalue weighted by Gasteiger charge is 2.39. The molecule has 80 valence electrons. The van der Waals surface area contributed by atoms with E-state index in [2.05, 4.69) is 6.92 Å². The van der Waals surface area contributed by atoms with Crippen LogP contribution in [0.25, 0.3) is 0 Å². The standard InChI is InChI=1S/C12H20O2/c1-2-10-5-6-12(13,8-10)11-4-3-7-14-9-11/h9-10,13H,2-8H2,1H3.